The minimum absolute atomic E-state index is 0.116. The number of hydrogen-bond donors (Lipinski definition) is 1. The number of amides is 1. The molecule has 0 aliphatic rings. The molecule has 0 bridgehead atoms. The number of hydrogen-bond acceptors (Lipinski definition) is 5. The first kappa shape index (κ1) is 26.1. The normalized spacial score (nSPS) is 11.1. The minimum Gasteiger partial charge on any atom is -0.497 e. The number of rotatable bonds is 11. The molecule has 0 unspecified atom stereocenters. The van der Waals surface area contributed by atoms with Crippen LogP contribution in [0.4, 0.5) is 11.4 Å². The highest BCUT2D eigenvalue weighted by atomic mass is 32.2. The fourth-order valence-electron chi connectivity index (χ4n) is 3.72. The Labute approximate surface area is 208 Å². The molecule has 3 aromatic rings. The number of nitrogens with zero attached hydrogens (tertiary/aromatic N) is 2. The molecule has 0 spiro atoms. The number of carbonyl (C=O) groups is 1. The van der Waals surface area contributed by atoms with Gasteiger partial charge in [0.25, 0.3) is 10.0 Å². The van der Waals surface area contributed by atoms with E-state index in [4.69, 9.17) is 4.74 Å². The molecule has 3 rings (SSSR count). The number of methoxy groups -OCH3 is 1. The van der Waals surface area contributed by atoms with E-state index in [-0.39, 0.29) is 11.4 Å². The summed E-state index contributed by atoms with van der Waals surface area (Å²) in [5.74, 6) is 0.0941. The van der Waals surface area contributed by atoms with E-state index in [1.54, 1.807) is 48.5 Å². The van der Waals surface area contributed by atoms with Crippen molar-refractivity contribution >= 4 is 27.3 Å². The zero-order valence-corrected chi connectivity index (χ0v) is 21.5. The molecule has 0 fully saturated rings. The van der Waals surface area contributed by atoms with Gasteiger partial charge in [-0.15, -0.1) is 0 Å². The largest absolute Gasteiger partial charge is 0.497 e. The highest BCUT2D eigenvalue weighted by Crippen LogP contribution is 2.27. The number of anilines is 2. The van der Waals surface area contributed by atoms with Gasteiger partial charge in [0.15, 0.2) is 0 Å². The lowest BCUT2D eigenvalue weighted by molar-refractivity contribution is -0.119. The van der Waals surface area contributed by atoms with E-state index in [1.165, 1.54) is 7.11 Å². The van der Waals surface area contributed by atoms with Crippen molar-refractivity contribution in [3.05, 3.63) is 83.9 Å². The van der Waals surface area contributed by atoms with Crippen LogP contribution in [0.15, 0.2) is 77.7 Å². The summed E-state index contributed by atoms with van der Waals surface area (Å²) in [7, 11) is -2.47. The summed E-state index contributed by atoms with van der Waals surface area (Å²) in [5.41, 5.74) is 3.35. The van der Waals surface area contributed by atoms with Crippen LogP contribution in [-0.4, -0.2) is 41.1 Å². The fourth-order valence-corrected chi connectivity index (χ4v) is 5.13. The highest BCUT2D eigenvalue weighted by Gasteiger charge is 2.27. The maximum absolute atomic E-state index is 13.5. The van der Waals surface area contributed by atoms with E-state index in [0.717, 1.165) is 34.2 Å². The molecule has 1 amide bonds. The van der Waals surface area contributed by atoms with E-state index in [2.05, 4.69) is 24.1 Å². The predicted octanol–water partition coefficient (Wildman–Crippen LogP) is 4.36. The zero-order valence-electron chi connectivity index (χ0n) is 20.7. The second-order valence-corrected chi connectivity index (χ2v) is 10.0. The standard InChI is InChI=1S/C27H33N3O4S/c1-5-29(6-2)23-14-12-22(13-15-23)19-28-27(31)20-30(24-8-7-9-25(18-24)34-4)35(32,33)26-16-10-21(3)11-17-26/h7-18H,5-6,19-20H2,1-4H3,(H,28,31). The number of sulfonamides is 1. The third-order valence-corrected chi connectivity index (χ3v) is 7.58. The minimum atomic E-state index is -3.98. The SMILES string of the molecule is CCN(CC)c1ccc(CNC(=O)CN(c2cccc(OC)c2)S(=O)(=O)c2ccc(C)cc2)cc1. The van der Waals surface area contributed by atoms with Crippen molar-refractivity contribution in [1.82, 2.24) is 5.32 Å². The van der Waals surface area contributed by atoms with Crippen molar-refractivity contribution in [2.24, 2.45) is 0 Å². The number of benzene rings is 3. The first-order valence-electron chi connectivity index (χ1n) is 11.6. The van der Waals surface area contributed by atoms with Gasteiger partial charge in [-0.05, 0) is 62.7 Å². The molecular weight excluding hydrogens is 462 g/mol. The Balaban J connectivity index is 1.79. The van der Waals surface area contributed by atoms with Gasteiger partial charge in [-0.25, -0.2) is 8.42 Å². The Morgan fingerprint density at radius 1 is 0.914 bits per heavy atom. The molecule has 0 saturated heterocycles. The van der Waals surface area contributed by atoms with E-state index in [9.17, 15) is 13.2 Å². The van der Waals surface area contributed by atoms with Crippen molar-refractivity contribution < 1.29 is 17.9 Å². The van der Waals surface area contributed by atoms with E-state index in [0.29, 0.717) is 18.0 Å². The molecule has 7 nitrogen and oxygen atoms in total. The predicted molar refractivity (Wildman–Crippen MR) is 141 cm³/mol. The van der Waals surface area contributed by atoms with Crippen LogP contribution < -0.4 is 19.3 Å². The Bertz CT molecular complexity index is 1220. The Hall–Kier alpha value is -3.52. The van der Waals surface area contributed by atoms with Crippen LogP contribution in [-0.2, 0) is 21.4 Å². The molecule has 0 radical (unpaired) electrons. The van der Waals surface area contributed by atoms with E-state index >= 15 is 0 Å². The third kappa shape index (κ3) is 6.54. The van der Waals surface area contributed by atoms with Crippen molar-refractivity contribution in [2.45, 2.75) is 32.2 Å². The maximum atomic E-state index is 13.5. The summed E-state index contributed by atoms with van der Waals surface area (Å²) in [5, 5.41) is 2.85. The van der Waals surface area contributed by atoms with Gasteiger partial charge < -0.3 is 15.0 Å². The number of carbonyl (C=O) groups excluding carboxylic acids is 1. The van der Waals surface area contributed by atoms with Gasteiger partial charge in [-0.1, -0.05) is 35.9 Å². The molecule has 0 saturated carbocycles. The summed E-state index contributed by atoms with van der Waals surface area (Å²) in [6, 6.07) is 21.2. The van der Waals surface area contributed by atoms with Crippen LogP contribution in [0.5, 0.6) is 5.75 Å². The number of ether oxygens (including phenoxy) is 1. The summed E-state index contributed by atoms with van der Waals surface area (Å²) >= 11 is 0. The van der Waals surface area contributed by atoms with Crippen LogP contribution in [0.3, 0.4) is 0 Å². The van der Waals surface area contributed by atoms with Crippen molar-refractivity contribution in [3.63, 3.8) is 0 Å². The van der Waals surface area contributed by atoms with Gasteiger partial charge in [0.05, 0.1) is 17.7 Å². The molecule has 0 aliphatic heterocycles. The monoisotopic (exact) mass is 495 g/mol. The van der Waals surface area contributed by atoms with Gasteiger partial charge in [-0.3, -0.25) is 9.10 Å². The lowest BCUT2D eigenvalue weighted by Crippen LogP contribution is -2.40. The van der Waals surface area contributed by atoms with Gasteiger partial charge in [0.2, 0.25) is 5.91 Å². The molecule has 8 heteroatoms. The average molecular weight is 496 g/mol. The van der Waals surface area contributed by atoms with Crippen LogP contribution in [0.1, 0.15) is 25.0 Å². The molecular formula is C27H33N3O4S. The molecule has 1 N–H and O–H groups in total. The molecule has 0 heterocycles. The first-order chi connectivity index (χ1) is 16.8. The highest BCUT2D eigenvalue weighted by molar-refractivity contribution is 7.92. The van der Waals surface area contributed by atoms with Crippen LogP contribution in [0, 0.1) is 6.92 Å². The van der Waals surface area contributed by atoms with Gasteiger partial charge in [-0.2, -0.15) is 0 Å². The number of nitrogens with one attached hydrogen (secondary N) is 1. The van der Waals surface area contributed by atoms with Gasteiger partial charge >= 0.3 is 0 Å². The number of aryl methyl sites for hydroxylation is 1. The average Bonchev–Trinajstić information content (AvgIpc) is 2.87. The van der Waals surface area contributed by atoms with E-state index < -0.39 is 15.9 Å². The molecule has 0 aliphatic carbocycles. The van der Waals surface area contributed by atoms with Crippen LogP contribution in [0.2, 0.25) is 0 Å². The van der Waals surface area contributed by atoms with Crippen molar-refractivity contribution in [3.8, 4) is 5.75 Å². The molecule has 186 valence electrons. The molecule has 0 aromatic heterocycles. The lowest BCUT2D eigenvalue weighted by atomic mass is 10.2. The summed E-state index contributed by atoms with van der Waals surface area (Å²) in [6.45, 7) is 7.88. The Morgan fingerprint density at radius 2 is 1.57 bits per heavy atom. The topological polar surface area (TPSA) is 79.0 Å². The third-order valence-electron chi connectivity index (χ3n) is 5.79. The molecule has 3 aromatic carbocycles. The summed E-state index contributed by atoms with van der Waals surface area (Å²) in [4.78, 5) is 15.3. The zero-order chi connectivity index (χ0) is 25.4. The maximum Gasteiger partial charge on any atom is 0.264 e. The smallest absolute Gasteiger partial charge is 0.264 e. The quantitative estimate of drug-likeness (QED) is 0.428. The first-order valence-corrected chi connectivity index (χ1v) is 13.1. The van der Waals surface area contributed by atoms with Gasteiger partial charge in [0, 0.05) is 31.4 Å². The van der Waals surface area contributed by atoms with E-state index in [1.807, 2.05) is 31.2 Å². The lowest BCUT2D eigenvalue weighted by Gasteiger charge is -2.24. The van der Waals surface area contributed by atoms with Crippen LogP contribution >= 0.6 is 0 Å². The Morgan fingerprint density at radius 3 is 2.17 bits per heavy atom. The molecule has 35 heavy (non-hydrogen) atoms. The molecule has 0 atom stereocenters. The fraction of sp³-hybridized carbons (Fsp3) is 0.296. The second-order valence-electron chi connectivity index (χ2n) is 8.14. The van der Waals surface area contributed by atoms with Gasteiger partial charge in [0.1, 0.15) is 12.3 Å². The van der Waals surface area contributed by atoms with Crippen molar-refractivity contribution in [1.29, 1.82) is 0 Å². The Kier molecular flexibility index (Phi) is 8.76. The summed E-state index contributed by atoms with van der Waals surface area (Å²) in [6.07, 6.45) is 0. The van der Waals surface area contributed by atoms with Crippen molar-refractivity contribution in [2.75, 3.05) is 35.9 Å². The van der Waals surface area contributed by atoms with Crippen LogP contribution in [0.25, 0.3) is 0 Å². The second kappa shape index (κ2) is 11.8. The summed E-state index contributed by atoms with van der Waals surface area (Å²) < 4.78 is 33.4.